The lowest BCUT2D eigenvalue weighted by molar-refractivity contribution is 0.147. The molecule has 0 aliphatic rings. The van der Waals surface area contributed by atoms with Gasteiger partial charge in [-0.15, -0.1) is 0 Å². The minimum absolute atomic E-state index is 0.247. The Balaban J connectivity index is 1.97. The smallest absolute Gasteiger partial charge is 0.419 e. The van der Waals surface area contributed by atoms with Crippen LogP contribution < -0.4 is 15.0 Å². The molecule has 0 unspecified atom stereocenters. The summed E-state index contributed by atoms with van der Waals surface area (Å²) in [4.78, 5) is 25.3. The molecule has 26 heavy (non-hydrogen) atoms. The summed E-state index contributed by atoms with van der Waals surface area (Å²) in [6, 6.07) is 13.3. The molecule has 7 heteroatoms. The van der Waals surface area contributed by atoms with Crippen LogP contribution in [0.15, 0.2) is 48.5 Å². The van der Waals surface area contributed by atoms with Gasteiger partial charge >= 0.3 is 12.2 Å². The van der Waals surface area contributed by atoms with Crippen LogP contribution in [0.4, 0.5) is 21.0 Å². The number of amides is 2. The van der Waals surface area contributed by atoms with Gasteiger partial charge in [0.2, 0.25) is 0 Å². The normalized spacial score (nSPS) is 10.3. The van der Waals surface area contributed by atoms with Crippen LogP contribution in [-0.4, -0.2) is 25.8 Å². The first-order valence-corrected chi connectivity index (χ1v) is 8.48. The number of hydrogen-bond acceptors (Lipinski definition) is 4. The number of nitrogens with zero attached hydrogens (tertiary/aromatic N) is 1. The monoisotopic (exact) mass is 376 g/mol. The third kappa shape index (κ3) is 5.97. The molecular formula is C19H21ClN2O4. The molecule has 0 saturated heterocycles. The number of ether oxygens (including phenoxy) is 2. The van der Waals surface area contributed by atoms with Crippen molar-refractivity contribution in [1.82, 2.24) is 0 Å². The Hall–Kier alpha value is -2.73. The first-order valence-electron chi connectivity index (χ1n) is 8.10. The van der Waals surface area contributed by atoms with Crippen LogP contribution in [0.1, 0.15) is 13.8 Å². The van der Waals surface area contributed by atoms with E-state index in [4.69, 9.17) is 21.1 Å². The second kappa shape index (κ2) is 9.10. The highest BCUT2D eigenvalue weighted by atomic mass is 35.5. The number of rotatable bonds is 5. The van der Waals surface area contributed by atoms with Crippen molar-refractivity contribution in [3.8, 4) is 5.75 Å². The molecule has 1 N–H and O–H groups in total. The summed E-state index contributed by atoms with van der Waals surface area (Å²) >= 11 is 5.84. The molecular weight excluding hydrogens is 356 g/mol. The Bertz CT molecular complexity index is 762. The van der Waals surface area contributed by atoms with Crippen molar-refractivity contribution in [1.29, 1.82) is 0 Å². The quantitative estimate of drug-likeness (QED) is 0.780. The fraction of sp³-hybridized carbons (Fsp3) is 0.263. The highest BCUT2D eigenvalue weighted by molar-refractivity contribution is 6.30. The lowest BCUT2D eigenvalue weighted by Crippen LogP contribution is -2.29. The molecule has 0 saturated carbocycles. The predicted octanol–water partition coefficient (Wildman–Crippen LogP) is 5.18. The van der Waals surface area contributed by atoms with Gasteiger partial charge in [0.25, 0.3) is 0 Å². The summed E-state index contributed by atoms with van der Waals surface area (Å²) in [5.41, 5.74) is 1.11. The summed E-state index contributed by atoms with van der Waals surface area (Å²) in [6.07, 6.45) is -1.12. The van der Waals surface area contributed by atoms with Crippen molar-refractivity contribution >= 4 is 35.2 Å². The molecule has 0 aliphatic carbocycles. The topological polar surface area (TPSA) is 67.9 Å². The molecule has 2 aromatic rings. The molecule has 0 heterocycles. The molecule has 2 aromatic carbocycles. The van der Waals surface area contributed by atoms with Gasteiger partial charge in [0.05, 0.1) is 6.61 Å². The van der Waals surface area contributed by atoms with E-state index < -0.39 is 12.2 Å². The fourth-order valence-corrected chi connectivity index (χ4v) is 2.10. The number of halogens is 1. The van der Waals surface area contributed by atoms with E-state index in [2.05, 4.69) is 5.32 Å². The van der Waals surface area contributed by atoms with Gasteiger partial charge in [-0.1, -0.05) is 31.5 Å². The van der Waals surface area contributed by atoms with Crippen LogP contribution in [0.2, 0.25) is 5.02 Å². The van der Waals surface area contributed by atoms with Gasteiger partial charge in [-0.3, -0.25) is 10.2 Å². The third-order valence-corrected chi connectivity index (χ3v) is 3.57. The minimum atomic E-state index is -0.563. The van der Waals surface area contributed by atoms with Crippen LogP contribution in [-0.2, 0) is 4.74 Å². The van der Waals surface area contributed by atoms with Crippen molar-refractivity contribution in [3.63, 3.8) is 0 Å². The maximum atomic E-state index is 12.3. The van der Waals surface area contributed by atoms with Crippen LogP contribution in [0.5, 0.6) is 5.75 Å². The van der Waals surface area contributed by atoms with E-state index in [-0.39, 0.29) is 5.92 Å². The Labute approximate surface area is 157 Å². The summed E-state index contributed by atoms with van der Waals surface area (Å²) in [5, 5.41) is 3.18. The molecule has 0 atom stereocenters. The number of anilines is 2. The molecule has 6 nitrogen and oxygen atoms in total. The number of benzene rings is 2. The van der Waals surface area contributed by atoms with Crippen molar-refractivity contribution in [3.05, 3.63) is 53.6 Å². The van der Waals surface area contributed by atoms with Crippen LogP contribution in [0.3, 0.4) is 0 Å². The zero-order valence-corrected chi connectivity index (χ0v) is 15.6. The summed E-state index contributed by atoms with van der Waals surface area (Å²) < 4.78 is 10.4. The van der Waals surface area contributed by atoms with Crippen LogP contribution in [0, 0.1) is 5.92 Å². The van der Waals surface area contributed by atoms with E-state index in [1.54, 1.807) is 55.6 Å². The maximum Gasteiger partial charge on any atom is 0.419 e. The van der Waals surface area contributed by atoms with E-state index >= 15 is 0 Å². The number of nitrogens with one attached hydrogen (secondary N) is 1. The molecule has 2 rings (SSSR count). The van der Waals surface area contributed by atoms with E-state index in [0.29, 0.717) is 28.8 Å². The first-order chi connectivity index (χ1) is 12.3. The molecule has 2 amide bonds. The molecule has 0 aliphatic heterocycles. The van der Waals surface area contributed by atoms with E-state index in [0.717, 1.165) is 0 Å². The second-order valence-corrected chi connectivity index (χ2v) is 6.48. The van der Waals surface area contributed by atoms with Gasteiger partial charge in [0, 0.05) is 29.5 Å². The number of carbonyl (C=O) groups excluding carboxylic acids is 2. The standard InChI is InChI=1S/C19H21ClN2O4/c1-13(2)12-25-18(23)21-15-5-4-6-17(11-15)26-19(24)22(3)16-9-7-14(20)8-10-16/h4-11,13H,12H2,1-3H3,(H,21,23). The first kappa shape index (κ1) is 19.6. The SMILES string of the molecule is CC(C)COC(=O)Nc1cccc(OC(=O)N(C)c2ccc(Cl)cc2)c1. The molecule has 0 aromatic heterocycles. The van der Waals surface area contributed by atoms with E-state index in [1.807, 2.05) is 13.8 Å². The van der Waals surface area contributed by atoms with Gasteiger partial charge in [-0.2, -0.15) is 0 Å². The van der Waals surface area contributed by atoms with Crippen molar-refractivity contribution in [2.75, 3.05) is 23.9 Å². The highest BCUT2D eigenvalue weighted by Gasteiger charge is 2.14. The van der Waals surface area contributed by atoms with Gasteiger partial charge in [-0.05, 0) is 42.3 Å². The molecule has 138 valence electrons. The van der Waals surface area contributed by atoms with Crippen LogP contribution in [0.25, 0.3) is 0 Å². The Morgan fingerprint density at radius 1 is 1.15 bits per heavy atom. The summed E-state index contributed by atoms with van der Waals surface area (Å²) in [6.45, 7) is 4.22. The zero-order valence-electron chi connectivity index (χ0n) is 14.9. The van der Waals surface area contributed by atoms with E-state index in [9.17, 15) is 9.59 Å². The predicted molar refractivity (Wildman–Crippen MR) is 102 cm³/mol. The fourth-order valence-electron chi connectivity index (χ4n) is 1.97. The lowest BCUT2D eigenvalue weighted by atomic mass is 10.2. The summed E-state index contributed by atoms with van der Waals surface area (Å²) in [7, 11) is 1.59. The van der Waals surface area contributed by atoms with Gasteiger partial charge in [-0.25, -0.2) is 9.59 Å². The number of carbonyl (C=O) groups is 2. The minimum Gasteiger partial charge on any atom is -0.449 e. The molecule has 0 fully saturated rings. The Kier molecular flexibility index (Phi) is 6.86. The zero-order chi connectivity index (χ0) is 19.1. The van der Waals surface area contributed by atoms with Crippen molar-refractivity contribution in [2.45, 2.75) is 13.8 Å². The maximum absolute atomic E-state index is 12.3. The van der Waals surface area contributed by atoms with E-state index in [1.165, 1.54) is 4.90 Å². The molecule has 0 spiro atoms. The largest absolute Gasteiger partial charge is 0.449 e. The Morgan fingerprint density at radius 2 is 1.85 bits per heavy atom. The van der Waals surface area contributed by atoms with Gasteiger partial charge in [0.15, 0.2) is 0 Å². The van der Waals surface area contributed by atoms with Crippen molar-refractivity contribution in [2.24, 2.45) is 5.92 Å². The Morgan fingerprint density at radius 3 is 2.50 bits per heavy atom. The average Bonchev–Trinajstić information content (AvgIpc) is 2.60. The summed E-state index contributed by atoms with van der Waals surface area (Å²) in [5.74, 6) is 0.550. The highest BCUT2D eigenvalue weighted by Crippen LogP contribution is 2.21. The average molecular weight is 377 g/mol. The lowest BCUT2D eigenvalue weighted by Gasteiger charge is -2.17. The van der Waals surface area contributed by atoms with Crippen LogP contribution >= 0.6 is 11.6 Å². The van der Waals surface area contributed by atoms with Gasteiger partial charge < -0.3 is 9.47 Å². The molecule has 0 radical (unpaired) electrons. The number of hydrogen-bond donors (Lipinski definition) is 1. The third-order valence-electron chi connectivity index (χ3n) is 3.32. The molecule has 0 bridgehead atoms. The van der Waals surface area contributed by atoms with Gasteiger partial charge in [0.1, 0.15) is 5.75 Å². The van der Waals surface area contributed by atoms with Crippen molar-refractivity contribution < 1.29 is 19.1 Å². The second-order valence-electron chi connectivity index (χ2n) is 6.05.